The van der Waals surface area contributed by atoms with E-state index in [1.54, 1.807) is 0 Å². The molecule has 0 aromatic heterocycles. The first-order chi connectivity index (χ1) is 7.74. The fraction of sp³-hybridized carbons (Fsp3) is 0.538. The normalized spacial score (nSPS) is 18.6. The Labute approximate surface area is 97.6 Å². The fourth-order valence-corrected chi connectivity index (χ4v) is 1.78. The van der Waals surface area contributed by atoms with Gasteiger partial charge in [-0.05, 0) is 26.1 Å². The van der Waals surface area contributed by atoms with Crippen LogP contribution in [-0.4, -0.2) is 49.8 Å². The van der Waals surface area contributed by atoms with Gasteiger partial charge in [-0.3, -0.25) is 4.90 Å². The van der Waals surface area contributed by atoms with Gasteiger partial charge in [-0.1, -0.05) is 17.7 Å². The molecule has 88 valence electrons. The summed E-state index contributed by atoms with van der Waals surface area (Å²) in [6.07, 6.45) is 0. The molecule has 0 amide bonds. The highest BCUT2D eigenvalue weighted by Crippen LogP contribution is 2.12. The third-order valence-electron chi connectivity index (χ3n) is 3.03. The van der Waals surface area contributed by atoms with Gasteiger partial charge < -0.3 is 9.64 Å². The Morgan fingerprint density at radius 3 is 2.31 bits per heavy atom. The number of hydrogen-bond acceptors (Lipinski definition) is 3. The predicted molar refractivity (Wildman–Crippen MR) is 65.7 cm³/mol. The molecule has 0 N–H and O–H groups in total. The molecule has 1 aromatic carbocycles. The lowest BCUT2D eigenvalue weighted by molar-refractivity contribution is 0.0763. The molecule has 1 fully saturated rings. The summed E-state index contributed by atoms with van der Waals surface area (Å²) in [5.41, 5.74) is 1.27. The summed E-state index contributed by atoms with van der Waals surface area (Å²) in [6.45, 7) is 7.26. The number of likely N-dealkylation sites (N-methyl/N-ethyl adjacent to an activating group) is 1. The molecule has 1 aliphatic heterocycles. The summed E-state index contributed by atoms with van der Waals surface area (Å²) in [6, 6.07) is 8.23. The number of hydrogen-bond donors (Lipinski definition) is 0. The van der Waals surface area contributed by atoms with Gasteiger partial charge in [0.2, 0.25) is 0 Å². The molecule has 0 saturated carbocycles. The van der Waals surface area contributed by atoms with E-state index in [0.717, 1.165) is 31.9 Å². The van der Waals surface area contributed by atoms with E-state index in [9.17, 15) is 0 Å². The van der Waals surface area contributed by atoms with Gasteiger partial charge in [0.15, 0.2) is 0 Å². The zero-order valence-electron chi connectivity index (χ0n) is 10.1. The summed E-state index contributed by atoms with van der Waals surface area (Å²) in [4.78, 5) is 4.70. The third kappa shape index (κ3) is 3.22. The number of aryl methyl sites for hydroxylation is 1. The largest absolute Gasteiger partial charge is 0.478 e. The molecule has 3 nitrogen and oxygen atoms in total. The Balaban J connectivity index is 1.77. The van der Waals surface area contributed by atoms with Crippen molar-refractivity contribution in [3.05, 3.63) is 29.8 Å². The van der Waals surface area contributed by atoms with Crippen LogP contribution in [0, 0.1) is 6.92 Å². The van der Waals surface area contributed by atoms with E-state index < -0.39 is 0 Å². The van der Waals surface area contributed by atoms with Gasteiger partial charge in [-0.15, -0.1) is 0 Å². The van der Waals surface area contributed by atoms with Crippen LogP contribution in [-0.2, 0) is 0 Å². The molecule has 1 aromatic rings. The molecule has 0 radical (unpaired) electrons. The molecular weight excluding hydrogens is 200 g/mol. The van der Waals surface area contributed by atoms with Gasteiger partial charge in [0.1, 0.15) is 12.5 Å². The second-order valence-corrected chi connectivity index (χ2v) is 4.51. The topological polar surface area (TPSA) is 15.7 Å². The van der Waals surface area contributed by atoms with Crippen LogP contribution in [0.1, 0.15) is 5.56 Å². The van der Waals surface area contributed by atoms with Crippen molar-refractivity contribution in [1.82, 2.24) is 9.80 Å². The molecule has 0 bridgehead atoms. The van der Waals surface area contributed by atoms with Gasteiger partial charge in [0, 0.05) is 26.2 Å². The van der Waals surface area contributed by atoms with Crippen LogP contribution >= 0.6 is 0 Å². The summed E-state index contributed by atoms with van der Waals surface area (Å²) in [5, 5.41) is 0. The summed E-state index contributed by atoms with van der Waals surface area (Å²) in [7, 11) is 2.16. The summed E-state index contributed by atoms with van der Waals surface area (Å²) >= 11 is 0. The van der Waals surface area contributed by atoms with Crippen LogP contribution in [0.5, 0.6) is 5.75 Å². The lowest BCUT2D eigenvalue weighted by Gasteiger charge is -2.31. The average Bonchev–Trinajstić information content (AvgIpc) is 2.30. The van der Waals surface area contributed by atoms with Crippen molar-refractivity contribution < 1.29 is 4.74 Å². The quantitative estimate of drug-likeness (QED) is 0.769. The molecule has 0 unspecified atom stereocenters. The average molecular weight is 220 g/mol. The van der Waals surface area contributed by atoms with Crippen molar-refractivity contribution in [2.24, 2.45) is 0 Å². The molecular formula is C13H20N2O. The van der Waals surface area contributed by atoms with Crippen molar-refractivity contribution in [3.63, 3.8) is 0 Å². The molecule has 2 rings (SSSR count). The van der Waals surface area contributed by atoms with E-state index in [-0.39, 0.29) is 0 Å². The minimum atomic E-state index is 0.705. The maximum absolute atomic E-state index is 5.74. The van der Waals surface area contributed by atoms with Crippen molar-refractivity contribution >= 4 is 0 Å². The van der Waals surface area contributed by atoms with E-state index in [2.05, 4.69) is 35.9 Å². The van der Waals surface area contributed by atoms with Crippen LogP contribution in [0.15, 0.2) is 24.3 Å². The van der Waals surface area contributed by atoms with Gasteiger partial charge >= 0.3 is 0 Å². The van der Waals surface area contributed by atoms with Gasteiger partial charge in [0.25, 0.3) is 0 Å². The first-order valence-corrected chi connectivity index (χ1v) is 5.84. The Hall–Kier alpha value is -1.06. The first-order valence-electron chi connectivity index (χ1n) is 5.84. The Morgan fingerprint density at radius 2 is 1.69 bits per heavy atom. The van der Waals surface area contributed by atoms with Crippen molar-refractivity contribution in [2.75, 3.05) is 40.0 Å². The fourth-order valence-electron chi connectivity index (χ4n) is 1.78. The molecule has 3 heteroatoms. The Bertz CT molecular complexity index is 315. The highest BCUT2D eigenvalue weighted by atomic mass is 16.5. The van der Waals surface area contributed by atoms with Crippen LogP contribution in [0.4, 0.5) is 0 Å². The molecule has 1 heterocycles. The molecule has 1 aliphatic rings. The van der Waals surface area contributed by atoms with Crippen LogP contribution < -0.4 is 4.74 Å². The monoisotopic (exact) mass is 220 g/mol. The summed E-state index contributed by atoms with van der Waals surface area (Å²) < 4.78 is 5.74. The van der Waals surface area contributed by atoms with E-state index in [1.807, 2.05) is 12.1 Å². The van der Waals surface area contributed by atoms with Crippen LogP contribution in [0.3, 0.4) is 0 Å². The lowest BCUT2D eigenvalue weighted by Crippen LogP contribution is -2.45. The Morgan fingerprint density at radius 1 is 1.06 bits per heavy atom. The van der Waals surface area contributed by atoms with E-state index >= 15 is 0 Å². The first kappa shape index (κ1) is 11.4. The number of benzene rings is 1. The lowest BCUT2D eigenvalue weighted by atomic mass is 10.2. The second kappa shape index (κ2) is 5.32. The maximum Gasteiger partial charge on any atom is 0.142 e. The minimum Gasteiger partial charge on any atom is -0.478 e. The van der Waals surface area contributed by atoms with Crippen molar-refractivity contribution in [1.29, 1.82) is 0 Å². The maximum atomic E-state index is 5.74. The predicted octanol–water partition coefficient (Wildman–Crippen LogP) is 1.58. The van der Waals surface area contributed by atoms with E-state index in [0.29, 0.717) is 6.73 Å². The van der Waals surface area contributed by atoms with Gasteiger partial charge in [-0.25, -0.2) is 0 Å². The molecule has 16 heavy (non-hydrogen) atoms. The SMILES string of the molecule is Cc1ccc(OCN2CCN(C)CC2)cc1. The van der Waals surface area contributed by atoms with Crippen LogP contribution in [0.25, 0.3) is 0 Å². The van der Waals surface area contributed by atoms with Crippen molar-refractivity contribution in [3.8, 4) is 5.75 Å². The van der Waals surface area contributed by atoms with E-state index in [4.69, 9.17) is 4.74 Å². The van der Waals surface area contributed by atoms with Gasteiger partial charge in [0.05, 0.1) is 0 Å². The molecule has 0 spiro atoms. The van der Waals surface area contributed by atoms with Crippen LogP contribution in [0.2, 0.25) is 0 Å². The highest BCUT2D eigenvalue weighted by Gasteiger charge is 2.13. The zero-order valence-corrected chi connectivity index (χ0v) is 10.1. The van der Waals surface area contributed by atoms with Gasteiger partial charge in [-0.2, -0.15) is 0 Å². The number of nitrogens with zero attached hydrogens (tertiary/aromatic N) is 2. The third-order valence-corrected chi connectivity index (χ3v) is 3.03. The number of piperazine rings is 1. The highest BCUT2D eigenvalue weighted by molar-refractivity contribution is 5.26. The van der Waals surface area contributed by atoms with Crippen molar-refractivity contribution in [2.45, 2.75) is 6.92 Å². The number of rotatable bonds is 3. The molecule has 1 saturated heterocycles. The zero-order chi connectivity index (χ0) is 11.4. The smallest absolute Gasteiger partial charge is 0.142 e. The van der Waals surface area contributed by atoms with E-state index in [1.165, 1.54) is 5.56 Å². The standard InChI is InChI=1S/C13H20N2O/c1-12-3-5-13(6-4-12)16-11-15-9-7-14(2)8-10-15/h3-6H,7-11H2,1-2H3. The molecule has 0 atom stereocenters. The number of ether oxygens (including phenoxy) is 1. The molecule has 0 aliphatic carbocycles. The Kier molecular flexibility index (Phi) is 3.80. The summed E-state index contributed by atoms with van der Waals surface area (Å²) in [5.74, 6) is 0.963. The second-order valence-electron chi connectivity index (χ2n) is 4.51. The minimum absolute atomic E-state index is 0.705.